The molecule has 37 heavy (non-hydrogen) atoms. The molecule has 0 bridgehead atoms. The van der Waals surface area contributed by atoms with E-state index in [1.807, 2.05) is 0 Å². The Bertz CT molecular complexity index is 1440. The molecule has 9 nitrogen and oxygen atoms in total. The first-order valence-electron chi connectivity index (χ1n) is 11.4. The van der Waals surface area contributed by atoms with Crippen LogP contribution in [0.4, 0.5) is 5.13 Å². The third-order valence-corrected chi connectivity index (χ3v) is 7.02. The highest BCUT2D eigenvalue weighted by atomic mass is 32.1. The maximum absolute atomic E-state index is 13.4. The minimum atomic E-state index is -0.975. The Morgan fingerprint density at radius 1 is 1.19 bits per heavy atom. The van der Waals surface area contributed by atoms with Gasteiger partial charge >= 0.3 is 11.9 Å². The lowest BCUT2D eigenvalue weighted by atomic mass is 9.95. The predicted octanol–water partition coefficient (Wildman–Crippen LogP) is 4.19. The topological polar surface area (TPSA) is 115 Å². The van der Waals surface area contributed by atoms with Crippen molar-refractivity contribution >= 4 is 39.9 Å². The van der Waals surface area contributed by atoms with Crippen molar-refractivity contribution in [2.45, 2.75) is 13.0 Å². The van der Waals surface area contributed by atoms with E-state index in [0.717, 1.165) is 11.3 Å². The first kappa shape index (κ1) is 24.3. The number of Topliss-reactive ketones (excluding diaryl/α,β-unsaturated/α-hetero) is 1. The van der Waals surface area contributed by atoms with Gasteiger partial charge in [0.15, 0.2) is 16.6 Å². The van der Waals surface area contributed by atoms with Crippen LogP contribution < -0.4 is 14.4 Å². The molecule has 1 fully saturated rings. The Morgan fingerprint density at radius 2 is 1.92 bits per heavy atom. The molecule has 5 rings (SSSR count). The summed E-state index contributed by atoms with van der Waals surface area (Å²) in [5, 5.41) is 11.5. The highest BCUT2D eigenvalue weighted by Crippen LogP contribution is 2.44. The molecular weight excluding hydrogens is 496 g/mol. The molecule has 0 saturated carbocycles. The number of amides is 1. The number of aryl methyl sites for hydroxylation is 1. The van der Waals surface area contributed by atoms with Crippen molar-refractivity contribution < 1.29 is 33.7 Å². The Kier molecular flexibility index (Phi) is 6.49. The van der Waals surface area contributed by atoms with Crippen LogP contribution in [0.15, 0.2) is 66.8 Å². The average Bonchev–Trinajstić information content (AvgIpc) is 3.43. The quantitative estimate of drug-likeness (QED) is 0.170. The van der Waals surface area contributed by atoms with Crippen LogP contribution in [0.1, 0.15) is 32.5 Å². The van der Waals surface area contributed by atoms with Gasteiger partial charge in [0.2, 0.25) is 0 Å². The molecule has 1 unspecified atom stereocenters. The van der Waals surface area contributed by atoms with E-state index in [1.54, 1.807) is 55.5 Å². The van der Waals surface area contributed by atoms with Gasteiger partial charge in [0.05, 0.1) is 17.3 Å². The summed E-state index contributed by atoms with van der Waals surface area (Å²) in [6.07, 6.45) is 1.45. The van der Waals surface area contributed by atoms with Crippen molar-refractivity contribution in [2.24, 2.45) is 0 Å². The van der Waals surface area contributed by atoms with E-state index in [9.17, 15) is 19.5 Å². The zero-order valence-electron chi connectivity index (χ0n) is 19.8. The Hall–Kier alpha value is -4.44. The van der Waals surface area contributed by atoms with E-state index < -0.39 is 23.7 Å². The van der Waals surface area contributed by atoms with E-state index in [4.69, 9.17) is 14.2 Å². The number of fused-ring (bicyclic) bond motifs is 1. The first-order valence-corrected chi connectivity index (χ1v) is 12.2. The third kappa shape index (κ3) is 4.36. The highest BCUT2D eigenvalue weighted by Gasteiger charge is 2.48. The number of anilines is 1. The SMILES string of the molecule is C=CCOC(=O)c1sc(N2C(=O)C(=O)C(=C(O)c3ccc4c(c3)OCCO4)C2c2ccccc2)nc1C. The number of aliphatic hydroxyl groups is 1. The van der Waals surface area contributed by atoms with Crippen molar-refractivity contribution in [3.63, 3.8) is 0 Å². The van der Waals surface area contributed by atoms with Crippen LogP contribution in [0.25, 0.3) is 5.76 Å². The van der Waals surface area contributed by atoms with Gasteiger partial charge in [0, 0.05) is 5.56 Å². The minimum Gasteiger partial charge on any atom is -0.507 e. The number of thiazole rings is 1. The molecule has 0 spiro atoms. The van der Waals surface area contributed by atoms with E-state index in [-0.39, 0.29) is 27.9 Å². The standard InChI is InChI=1S/C27H22N2O7S/c1-3-11-36-26(33)24-15(2)28-27(37-24)29-21(16-7-5-4-6-8-16)20(23(31)25(29)32)22(30)17-9-10-18-19(14-17)35-13-12-34-18/h3-10,14,21,30H,1,11-13H2,2H3. The zero-order chi connectivity index (χ0) is 26.1. The lowest BCUT2D eigenvalue weighted by molar-refractivity contribution is -0.132. The van der Waals surface area contributed by atoms with E-state index in [2.05, 4.69) is 11.6 Å². The van der Waals surface area contributed by atoms with Gasteiger partial charge in [-0.2, -0.15) is 0 Å². The molecule has 1 atom stereocenters. The molecule has 2 aliphatic heterocycles. The van der Waals surface area contributed by atoms with Gasteiger partial charge < -0.3 is 19.3 Å². The third-order valence-electron chi connectivity index (χ3n) is 5.88. The number of aliphatic hydroxyl groups excluding tert-OH is 1. The van der Waals surface area contributed by atoms with Gasteiger partial charge in [-0.15, -0.1) is 0 Å². The number of esters is 1. The second kappa shape index (κ2) is 9.90. The second-order valence-corrected chi connectivity index (χ2v) is 9.21. The van der Waals surface area contributed by atoms with Crippen LogP contribution in [0.5, 0.6) is 11.5 Å². The van der Waals surface area contributed by atoms with Gasteiger partial charge in [0.1, 0.15) is 30.5 Å². The summed E-state index contributed by atoms with van der Waals surface area (Å²) in [5.41, 5.74) is 1.14. The molecule has 0 aliphatic carbocycles. The fourth-order valence-corrected chi connectivity index (χ4v) is 5.19. The number of nitrogens with zero attached hydrogens (tertiary/aromatic N) is 2. The number of ether oxygens (including phenoxy) is 3. The normalized spacial score (nSPS) is 18.1. The molecule has 0 radical (unpaired) electrons. The number of aromatic nitrogens is 1. The Labute approximate surface area is 216 Å². The Balaban J connectivity index is 1.63. The fourth-order valence-electron chi connectivity index (χ4n) is 4.20. The number of carbonyl (C=O) groups is 3. The van der Waals surface area contributed by atoms with Crippen molar-refractivity contribution in [1.82, 2.24) is 4.98 Å². The van der Waals surface area contributed by atoms with Gasteiger partial charge in [-0.05, 0) is 30.7 Å². The minimum absolute atomic E-state index is 0.0234. The van der Waals surface area contributed by atoms with E-state index >= 15 is 0 Å². The summed E-state index contributed by atoms with van der Waals surface area (Å²) in [6.45, 7) is 5.94. The van der Waals surface area contributed by atoms with Gasteiger partial charge in [0.25, 0.3) is 5.78 Å². The number of hydrogen-bond donors (Lipinski definition) is 1. The second-order valence-electron chi connectivity index (χ2n) is 8.24. The van der Waals surface area contributed by atoms with Crippen molar-refractivity contribution in [2.75, 3.05) is 24.7 Å². The first-order chi connectivity index (χ1) is 17.9. The summed E-state index contributed by atoms with van der Waals surface area (Å²) >= 11 is 0.940. The maximum atomic E-state index is 13.4. The highest BCUT2D eigenvalue weighted by molar-refractivity contribution is 7.17. The largest absolute Gasteiger partial charge is 0.507 e. The number of rotatable bonds is 6. The van der Waals surface area contributed by atoms with E-state index in [0.29, 0.717) is 41.5 Å². The van der Waals surface area contributed by atoms with Crippen LogP contribution >= 0.6 is 11.3 Å². The smallest absolute Gasteiger partial charge is 0.350 e. The molecule has 2 aromatic carbocycles. The molecule has 1 amide bonds. The number of hydrogen-bond acceptors (Lipinski definition) is 9. The molecule has 2 aliphatic rings. The van der Waals surface area contributed by atoms with Gasteiger partial charge in [-0.3, -0.25) is 14.5 Å². The molecular formula is C27H22N2O7S. The lowest BCUT2D eigenvalue weighted by Gasteiger charge is -2.23. The summed E-state index contributed by atoms with van der Waals surface area (Å²) < 4.78 is 16.3. The molecule has 10 heteroatoms. The van der Waals surface area contributed by atoms with Crippen molar-refractivity contribution in [3.05, 3.63) is 88.5 Å². The van der Waals surface area contributed by atoms with Crippen LogP contribution in [-0.4, -0.2) is 47.6 Å². The predicted molar refractivity (Wildman–Crippen MR) is 136 cm³/mol. The number of benzene rings is 2. The van der Waals surface area contributed by atoms with Crippen LogP contribution in [0.2, 0.25) is 0 Å². The van der Waals surface area contributed by atoms with Gasteiger partial charge in [-0.1, -0.05) is 54.3 Å². The summed E-state index contributed by atoms with van der Waals surface area (Å²) in [7, 11) is 0. The summed E-state index contributed by atoms with van der Waals surface area (Å²) in [6, 6.07) is 12.7. The monoisotopic (exact) mass is 518 g/mol. The summed E-state index contributed by atoms with van der Waals surface area (Å²) in [4.78, 5) is 45.0. The van der Waals surface area contributed by atoms with Crippen LogP contribution in [-0.2, 0) is 14.3 Å². The van der Waals surface area contributed by atoms with Crippen molar-refractivity contribution in [3.8, 4) is 11.5 Å². The maximum Gasteiger partial charge on any atom is 0.350 e. The summed E-state index contributed by atoms with van der Waals surface area (Å²) in [5.74, 6) is -1.75. The fraction of sp³-hybridized carbons (Fsp3) is 0.185. The number of carbonyl (C=O) groups excluding carboxylic acids is 3. The molecule has 188 valence electrons. The van der Waals surface area contributed by atoms with Crippen molar-refractivity contribution in [1.29, 1.82) is 0 Å². The van der Waals surface area contributed by atoms with Gasteiger partial charge in [-0.25, -0.2) is 9.78 Å². The molecule has 3 heterocycles. The zero-order valence-corrected chi connectivity index (χ0v) is 20.6. The lowest BCUT2D eigenvalue weighted by Crippen LogP contribution is -2.29. The molecule has 1 N–H and O–H groups in total. The average molecular weight is 519 g/mol. The number of ketones is 1. The Morgan fingerprint density at radius 3 is 2.65 bits per heavy atom. The molecule has 1 aromatic heterocycles. The molecule has 3 aromatic rings. The van der Waals surface area contributed by atoms with Crippen LogP contribution in [0.3, 0.4) is 0 Å². The molecule has 1 saturated heterocycles. The van der Waals surface area contributed by atoms with Crippen LogP contribution in [0, 0.1) is 6.92 Å². The van der Waals surface area contributed by atoms with E-state index in [1.165, 1.54) is 11.0 Å².